The van der Waals surface area contributed by atoms with Gasteiger partial charge in [-0.1, -0.05) is 0 Å². The number of furan rings is 1. The number of carbonyl (C=O) groups is 3. The summed E-state index contributed by atoms with van der Waals surface area (Å²) in [6.07, 6.45) is -0.270. The Balaban J connectivity index is 1.71. The van der Waals surface area contributed by atoms with Crippen molar-refractivity contribution in [2.75, 3.05) is 17.7 Å². The van der Waals surface area contributed by atoms with Crippen molar-refractivity contribution in [3.05, 3.63) is 47.0 Å². The first-order chi connectivity index (χ1) is 15.3. The van der Waals surface area contributed by atoms with Gasteiger partial charge in [0.25, 0.3) is 0 Å². The van der Waals surface area contributed by atoms with Crippen LogP contribution in [0.25, 0.3) is 11.1 Å². The summed E-state index contributed by atoms with van der Waals surface area (Å²) in [6.45, 7) is 3.17. The number of ether oxygens (including phenoxy) is 2. The van der Waals surface area contributed by atoms with Gasteiger partial charge in [-0.05, 0) is 38.1 Å². The molecule has 0 radical (unpaired) electrons. The van der Waals surface area contributed by atoms with E-state index in [2.05, 4.69) is 15.3 Å². The van der Waals surface area contributed by atoms with Gasteiger partial charge in [0.1, 0.15) is 23.6 Å². The number of esters is 2. The lowest BCUT2D eigenvalue weighted by molar-refractivity contribution is -0.115. The van der Waals surface area contributed by atoms with Gasteiger partial charge in [0.15, 0.2) is 12.4 Å². The molecule has 164 valence electrons. The summed E-state index contributed by atoms with van der Waals surface area (Å²) in [6, 6.07) is 7.69. The van der Waals surface area contributed by atoms with Crippen LogP contribution >= 0.6 is 0 Å². The van der Waals surface area contributed by atoms with E-state index in [1.807, 2.05) is 0 Å². The number of rotatable bonds is 7. The monoisotopic (exact) mass is 437 g/mol. The van der Waals surface area contributed by atoms with E-state index in [0.29, 0.717) is 5.69 Å². The highest BCUT2D eigenvalue weighted by Crippen LogP contribution is 2.29. The van der Waals surface area contributed by atoms with Gasteiger partial charge < -0.3 is 24.9 Å². The van der Waals surface area contributed by atoms with Gasteiger partial charge in [0, 0.05) is 5.69 Å². The molecule has 11 nitrogen and oxygen atoms in total. The van der Waals surface area contributed by atoms with E-state index in [-0.39, 0.29) is 59.3 Å². The Labute approximate surface area is 182 Å². The fourth-order valence-corrected chi connectivity index (χ4v) is 2.88. The molecule has 3 rings (SSSR count). The first-order valence-electron chi connectivity index (χ1n) is 9.50. The lowest BCUT2D eigenvalue weighted by Gasteiger charge is -2.07. The molecular weight excluding hydrogens is 418 g/mol. The summed E-state index contributed by atoms with van der Waals surface area (Å²) in [5.41, 5.74) is 6.90. The summed E-state index contributed by atoms with van der Waals surface area (Å²) < 4.78 is 15.7. The van der Waals surface area contributed by atoms with E-state index in [1.54, 1.807) is 19.9 Å². The number of nitrogens with one attached hydrogen (secondary N) is 1. The average Bonchev–Trinajstić information content (AvgIpc) is 3.09. The normalized spacial score (nSPS) is 10.4. The van der Waals surface area contributed by atoms with Crippen LogP contribution in [0.1, 0.15) is 45.6 Å². The predicted octanol–water partition coefficient (Wildman–Crippen LogP) is 2.50. The molecule has 3 N–H and O–H groups in total. The van der Waals surface area contributed by atoms with Crippen LogP contribution in [0, 0.1) is 18.3 Å². The van der Waals surface area contributed by atoms with E-state index >= 15 is 0 Å². The predicted molar refractivity (Wildman–Crippen MR) is 111 cm³/mol. The smallest absolute Gasteiger partial charge is 0.342 e. The largest absolute Gasteiger partial charge is 0.462 e. The van der Waals surface area contributed by atoms with Gasteiger partial charge in [0.05, 0.1) is 23.6 Å². The van der Waals surface area contributed by atoms with Crippen molar-refractivity contribution in [1.82, 2.24) is 9.97 Å². The van der Waals surface area contributed by atoms with Crippen LogP contribution in [0.2, 0.25) is 0 Å². The minimum atomic E-state index is -0.648. The third kappa shape index (κ3) is 4.81. The molecular formula is C21H19N5O6. The maximum Gasteiger partial charge on any atom is 0.342 e. The Morgan fingerprint density at radius 3 is 2.53 bits per heavy atom. The molecule has 0 fully saturated rings. The Bertz CT molecular complexity index is 1230. The minimum absolute atomic E-state index is 0.00147. The van der Waals surface area contributed by atoms with Crippen molar-refractivity contribution in [3.8, 4) is 6.07 Å². The fourth-order valence-electron chi connectivity index (χ4n) is 2.88. The zero-order chi connectivity index (χ0) is 23.3. The number of nitrogen functional groups attached to an aromatic ring is 1. The Hall–Kier alpha value is -4.46. The van der Waals surface area contributed by atoms with E-state index in [1.165, 1.54) is 24.3 Å². The standard InChI is InChI=1S/C21H19N5O6/c1-3-30-21(29)16-11(2)32-19-17(16)18(23)25-14(26-19)10-31-20(28)12-4-6-13(7-5-12)24-15(27)8-9-22/h4-7H,3,8,10H2,1-2H3,(H,24,27)(H2,23,25,26). The van der Waals surface area contributed by atoms with E-state index in [0.717, 1.165) is 0 Å². The number of amides is 1. The summed E-state index contributed by atoms with van der Waals surface area (Å²) in [4.78, 5) is 44.2. The van der Waals surface area contributed by atoms with Gasteiger partial charge >= 0.3 is 11.9 Å². The molecule has 0 aliphatic heterocycles. The highest BCUT2D eigenvalue weighted by molar-refractivity contribution is 6.07. The lowest BCUT2D eigenvalue weighted by Crippen LogP contribution is -2.11. The van der Waals surface area contributed by atoms with Gasteiger partial charge in [-0.25, -0.2) is 14.6 Å². The van der Waals surface area contributed by atoms with Crippen molar-refractivity contribution >= 4 is 40.5 Å². The Kier molecular flexibility index (Phi) is 6.65. The van der Waals surface area contributed by atoms with Gasteiger partial charge in [-0.15, -0.1) is 0 Å². The first kappa shape index (κ1) is 22.2. The van der Waals surface area contributed by atoms with E-state index in [9.17, 15) is 14.4 Å². The molecule has 0 unspecified atom stereocenters. The number of nitriles is 1. The van der Waals surface area contributed by atoms with Crippen LogP contribution in [-0.2, 0) is 20.9 Å². The number of nitrogens with two attached hydrogens (primary N) is 1. The maximum atomic E-state index is 12.3. The molecule has 0 saturated carbocycles. The van der Waals surface area contributed by atoms with Crippen LogP contribution in [0.15, 0.2) is 28.7 Å². The summed E-state index contributed by atoms with van der Waals surface area (Å²) in [5.74, 6) is -1.32. The molecule has 2 heterocycles. The average molecular weight is 437 g/mol. The van der Waals surface area contributed by atoms with Crippen molar-refractivity contribution in [3.63, 3.8) is 0 Å². The minimum Gasteiger partial charge on any atom is -0.462 e. The molecule has 0 bridgehead atoms. The third-order valence-electron chi connectivity index (χ3n) is 4.26. The van der Waals surface area contributed by atoms with Crippen molar-refractivity contribution < 1.29 is 28.3 Å². The number of carbonyl (C=O) groups excluding carboxylic acids is 3. The molecule has 32 heavy (non-hydrogen) atoms. The topological polar surface area (TPSA) is 170 Å². The Morgan fingerprint density at radius 1 is 1.16 bits per heavy atom. The molecule has 2 aromatic heterocycles. The summed E-state index contributed by atoms with van der Waals surface area (Å²) in [5, 5.41) is 11.3. The highest BCUT2D eigenvalue weighted by Gasteiger charge is 2.24. The van der Waals surface area contributed by atoms with Crippen LogP contribution in [-0.4, -0.2) is 34.4 Å². The number of fused-ring (bicyclic) bond motifs is 1. The second kappa shape index (κ2) is 9.57. The third-order valence-corrected chi connectivity index (χ3v) is 4.26. The number of hydrogen-bond donors (Lipinski definition) is 2. The van der Waals surface area contributed by atoms with Gasteiger partial charge in [-0.2, -0.15) is 10.2 Å². The molecule has 0 atom stereocenters. The molecule has 0 aliphatic carbocycles. The molecule has 1 aromatic carbocycles. The number of aromatic nitrogens is 2. The van der Waals surface area contributed by atoms with Crippen molar-refractivity contribution in [2.45, 2.75) is 26.9 Å². The number of benzene rings is 1. The number of anilines is 2. The molecule has 11 heteroatoms. The maximum absolute atomic E-state index is 12.3. The van der Waals surface area contributed by atoms with Gasteiger partial charge in [0.2, 0.25) is 11.6 Å². The first-order valence-corrected chi connectivity index (χ1v) is 9.50. The van der Waals surface area contributed by atoms with E-state index in [4.69, 9.17) is 24.9 Å². The van der Waals surface area contributed by atoms with Crippen molar-refractivity contribution in [2.24, 2.45) is 0 Å². The number of aryl methyl sites for hydroxylation is 1. The Morgan fingerprint density at radius 2 is 1.88 bits per heavy atom. The zero-order valence-corrected chi connectivity index (χ0v) is 17.3. The van der Waals surface area contributed by atoms with Gasteiger partial charge in [-0.3, -0.25) is 4.79 Å². The number of nitrogens with zero attached hydrogens (tertiary/aromatic N) is 3. The second-order valence-corrected chi connectivity index (χ2v) is 6.50. The summed E-state index contributed by atoms with van der Waals surface area (Å²) in [7, 11) is 0. The molecule has 0 spiro atoms. The molecule has 3 aromatic rings. The molecule has 0 aliphatic rings. The zero-order valence-electron chi connectivity index (χ0n) is 17.3. The molecule has 0 saturated heterocycles. The SMILES string of the molecule is CCOC(=O)c1c(C)oc2nc(COC(=O)c3ccc(NC(=O)CC#N)cc3)nc(N)c12. The quantitative estimate of drug-likeness (QED) is 0.523. The highest BCUT2D eigenvalue weighted by atomic mass is 16.5. The molecule has 1 amide bonds. The fraction of sp³-hybridized carbons (Fsp3) is 0.238. The second-order valence-electron chi connectivity index (χ2n) is 6.50. The van der Waals surface area contributed by atoms with Crippen LogP contribution in [0.4, 0.5) is 11.5 Å². The van der Waals surface area contributed by atoms with Crippen LogP contribution in [0.5, 0.6) is 0 Å². The van der Waals surface area contributed by atoms with Crippen LogP contribution in [0.3, 0.4) is 0 Å². The van der Waals surface area contributed by atoms with Crippen molar-refractivity contribution in [1.29, 1.82) is 5.26 Å². The lowest BCUT2D eigenvalue weighted by atomic mass is 10.2. The van der Waals surface area contributed by atoms with E-state index < -0.39 is 17.8 Å². The summed E-state index contributed by atoms with van der Waals surface area (Å²) >= 11 is 0. The number of hydrogen-bond acceptors (Lipinski definition) is 10. The van der Waals surface area contributed by atoms with Crippen LogP contribution < -0.4 is 11.1 Å².